The number of halogens is 1. The molecule has 0 heterocycles. The van der Waals surface area contributed by atoms with Crippen LogP contribution in [0.4, 0.5) is 0 Å². The molecule has 0 radical (unpaired) electrons. The number of nitrogens with one attached hydrogen (secondary N) is 1. The molecular weight excluding hydrogens is 382 g/mol. The summed E-state index contributed by atoms with van der Waals surface area (Å²) in [5, 5.41) is 0.935. The van der Waals surface area contributed by atoms with Gasteiger partial charge in [-0.15, -0.1) is 0 Å². The van der Waals surface area contributed by atoms with Crippen LogP contribution in [0.1, 0.15) is 46.1 Å². The largest absolute Gasteiger partial charge is 1.00 e. The summed E-state index contributed by atoms with van der Waals surface area (Å²) in [5.74, 6) is 1.55. The molecule has 1 N–H and O–H groups in total. The van der Waals surface area contributed by atoms with E-state index in [0.29, 0.717) is 11.8 Å². The van der Waals surface area contributed by atoms with Gasteiger partial charge in [-0.1, -0.05) is 76.2 Å². The molecule has 0 saturated carbocycles. The van der Waals surface area contributed by atoms with Crippen molar-refractivity contribution >= 4 is 0 Å². The molecule has 4 heteroatoms. The molecule has 0 saturated heterocycles. The van der Waals surface area contributed by atoms with Crippen LogP contribution in [0.15, 0.2) is 60.7 Å². The summed E-state index contributed by atoms with van der Waals surface area (Å²) in [7, 11) is 4.05. The van der Waals surface area contributed by atoms with Crippen molar-refractivity contribution in [1.29, 1.82) is 0 Å². The Morgan fingerprint density at radius 3 is 1.72 bits per heavy atom. The van der Waals surface area contributed by atoms with Gasteiger partial charge in [0.15, 0.2) is 0 Å². The molecule has 0 aromatic heterocycles. The first-order valence-corrected chi connectivity index (χ1v) is 10.6. The quantitative estimate of drug-likeness (QED) is 0.443. The first kappa shape index (κ1) is 25.5. The van der Waals surface area contributed by atoms with Gasteiger partial charge in [0.2, 0.25) is 0 Å². The number of ether oxygens (including phenoxy) is 1. The summed E-state index contributed by atoms with van der Waals surface area (Å²) in [6, 6.07) is 20.7. The summed E-state index contributed by atoms with van der Waals surface area (Å²) in [6.07, 6.45) is 2.84. The third kappa shape index (κ3) is 8.38. The fourth-order valence-electron chi connectivity index (χ4n) is 3.91. The van der Waals surface area contributed by atoms with Crippen molar-refractivity contribution in [2.45, 2.75) is 52.7 Å². The van der Waals surface area contributed by atoms with Gasteiger partial charge in [-0.2, -0.15) is 9.90 Å². The maximum atomic E-state index is 6.74. The van der Waals surface area contributed by atoms with Crippen molar-refractivity contribution in [1.82, 2.24) is 0 Å². The second-order valence-corrected chi connectivity index (χ2v) is 8.86. The minimum absolute atomic E-state index is 0. The molecule has 3 nitrogen and oxygen atoms in total. The van der Waals surface area contributed by atoms with Gasteiger partial charge in [-0.3, -0.25) is 0 Å². The Balaban J connectivity index is 0.00000420. The van der Waals surface area contributed by atoms with Crippen molar-refractivity contribution in [2.24, 2.45) is 17.8 Å². The van der Waals surface area contributed by atoms with E-state index in [0.717, 1.165) is 30.1 Å². The zero-order chi connectivity index (χ0) is 20.6. The van der Waals surface area contributed by atoms with Crippen LogP contribution in [-0.2, 0) is 11.3 Å². The SMILES string of the molecule is CC(C)CC(CC(C)C)C(Cc1ccccc1)(Oc1ccccc1)O[NH+](C)C.[Cl-]. The van der Waals surface area contributed by atoms with Crippen LogP contribution >= 0.6 is 0 Å². The van der Waals surface area contributed by atoms with E-state index in [2.05, 4.69) is 58.0 Å². The van der Waals surface area contributed by atoms with Gasteiger partial charge < -0.3 is 17.1 Å². The van der Waals surface area contributed by atoms with E-state index in [9.17, 15) is 0 Å². The molecule has 162 valence electrons. The van der Waals surface area contributed by atoms with Gasteiger partial charge >= 0.3 is 0 Å². The summed E-state index contributed by atoms with van der Waals surface area (Å²) in [5.41, 5.74) is 1.23. The predicted octanol–water partition coefficient (Wildman–Crippen LogP) is 1.79. The Morgan fingerprint density at radius 1 is 0.793 bits per heavy atom. The number of hydroxylamine groups is 2. The minimum Gasteiger partial charge on any atom is -1.00 e. The van der Waals surface area contributed by atoms with Gasteiger partial charge in [0.25, 0.3) is 5.79 Å². The normalized spacial score (nSPS) is 13.6. The molecule has 0 aliphatic rings. The summed E-state index contributed by atoms with van der Waals surface area (Å²) < 4.78 is 6.74. The van der Waals surface area contributed by atoms with E-state index in [4.69, 9.17) is 9.57 Å². The molecule has 0 aliphatic heterocycles. The molecule has 0 spiro atoms. The van der Waals surface area contributed by atoms with Crippen LogP contribution in [0.5, 0.6) is 5.75 Å². The average molecular weight is 420 g/mol. The second-order valence-electron chi connectivity index (χ2n) is 8.86. The van der Waals surface area contributed by atoms with Crippen LogP contribution < -0.4 is 22.2 Å². The molecule has 0 bridgehead atoms. The second kappa shape index (κ2) is 12.2. The van der Waals surface area contributed by atoms with Crippen molar-refractivity contribution in [3.8, 4) is 5.75 Å². The first-order chi connectivity index (χ1) is 13.3. The van der Waals surface area contributed by atoms with Crippen LogP contribution in [0, 0.1) is 17.8 Å². The Hall–Kier alpha value is -1.55. The van der Waals surface area contributed by atoms with Gasteiger partial charge in [0, 0.05) is 12.3 Å². The van der Waals surface area contributed by atoms with Gasteiger partial charge in [0.05, 0.1) is 14.1 Å². The maximum Gasteiger partial charge on any atom is 0.270 e. The van der Waals surface area contributed by atoms with E-state index in [1.807, 2.05) is 44.4 Å². The number of rotatable bonds is 11. The highest BCUT2D eigenvalue weighted by Gasteiger charge is 2.46. The first-order valence-electron chi connectivity index (χ1n) is 10.6. The fourth-order valence-corrected chi connectivity index (χ4v) is 3.91. The minimum atomic E-state index is -0.726. The summed E-state index contributed by atoms with van der Waals surface area (Å²) >= 11 is 0. The smallest absolute Gasteiger partial charge is 0.270 e. The molecular formula is C25H38ClNO2. The lowest BCUT2D eigenvalue weighted by molar-refractivity contribution is -1.08. The molecule has 2 aromatic rings. The van der Waals surface area contributed by atoms with Crippen LogP contribution in [0.25, 0.3) is 0 Å². The van der Waals surface area contributed by atoms with Crippen LogP contribution in [0.2, 0.25) is 0 Å². The lowest BCUT2D eigenvalue weighted by atomic mass is 9.80. The zero-order valence-corrected chi connectivity index (χ0v) is 19.6. The number of benzene rings is 2. The molecule has 29 heavy (non-hydrogen) atoms. The number of para-hydroxylation sites is 1. The Labute approximate surface area is 183 Å². The molecule has 1 unspecified atom stereocenters. The van der Waals surface area contributed by atoms with E-state index < -0.39 is 5.79 Å². The maximum absolute atomic E-state index is 6.74. The highest BCUT2D eigenvalue weighted by atomic mass is 35.5. The monoisotopic (exact) mass is 419 g/mol. The van der Waals surface area contributed by atoms with E-state index in [1.54, 1.807) is 0 Å². The third-order valence-corrected chi connectivity index (χ3v) is 4.84. The van der Waals surface area contributed by atoms with Crippen LogP contribution in [-0.4, -0.2) is 19.9 Å². The van der Waals surface area contributed by atoms with Crippen molar-refractivity contribution in [2.75, 3.05) is 14.1 Å². The fraction of sp³-hybridized carbons (Fsp3) is 0.520. The van der Waals surface area contributed by atoms with Crippen molar-refractivity contribution in [3.63, 3.8) is 0 Å². The highest BCUT2D eigenvalue weighted by molar-refractivity contribution is 5.23. The number of hydrogen-bond acceptors (Lipinski definition) is 2. The van der Waals surface area contributed by atoms with Crippen molar-refractivity contribution < 1.29 is 27.0 Å². The number of quaternary nitrogens is 1. The molecule has 0 aliphatic carbocycles. The molecule has 0 fully saturated rings. The molecule has 2 rings (SSSR count). The van der Waals surface area contributed by atoms with E-state index >= 15 is 0 Å². The number of hydrogen-bond donors (Lipinski definition) is 1. The van der Waals surface area contributed by atoms with Crippen LogP contribution in [0.3, 0.4) is 0 Å². The molecule has 1 atom stereocenters. The third-order valence-electron chi connectivity index (χ3n) is 4.84. The predicted molar refractivity (Wildman–Crippen MR) is 116 cm³/mol. The highest BCUT2D eigenvalue weighted by Crippen LogP contribution is 2.37. The Kier molecular flexibility index (Phi) is 10.7. The van der Waals surface area contributed by atoms with Crippen molar-refractivity contribution in [3.05, 3.63) is 66.2 Å². The topological polar surface area (TPSA) is 22.9 Å². The van der Waals surface area contributed by atoms with Gasteiger partial charge in [0.1, 0.15) is 5.75 Å². The van der Waals surface area contributed by atoms with E-state index in [1.165, 1.54) is 5.56 Å². The lowest BCUT2D eigenvalue weighted by Gasteiger charge is -2.41. The molecule has 2 aromatic carbocycles. The zero-order valence-electron chi connectivity index (χ0n) is 18.8. The Bertz CT molecular complexity index is 622. The van der Waals surface area contributed by atoms with E-state index in [-0.39, 0.29) is 18.3 Å². The Morgan fingerprint density at radius 2 is 1.28 bits per heavy atom. The standard InChI is InChI=1S/C25H37NO2.ClH/c1-20(2)17-23(18-21(3)4)25(28-26(5)6,19-22-13-9-7-10-14-22)27-24-15-11-8-12-16-24;/h7-16,20-21,23H,17-19H2,1-6H3;1H. The lowest BCUT2D eigenvalue weighted by Crippen LogP contribution is -3.07. The summed E-state index contributed by atoms with van der Waals surface area (Å²) in [4.78, 5) is 6.60. The van der Waals surface area contributed by atoms with Gasteiger partial charge in [-0.05, 0) is 42.4 Å². The average Bonchev–Trinajstić information content (AvgIpc) is 2.61. The molecule has 0 amide bonds. The van der Waals surface area contributed by atoms with Gasteiger partial charge in [-0.25, -0.2) is 0 Å². The summed E-state index contributed by atoms with van der Waals surface area (Å²) in [6.45, 7) is 9.13.